The molecule has 0 saturated carbocycles. The number of benzene rings is 1. The molecule has 0 fully saturated rings. The first-order chi connectivity index (χ1) is 9.82. The first-order valence-corrected chi connectivity index (χ1v) is 5.78. The number of hydrogen-bond donors (Lipinski definition) is 0. The Kier molecular flexibility index (Phi) is 3.97. The van der Waals surface area contributed by atoms with Gasteiger partial charge in [0.1, 0.15) is 0 Å². The number of halogens is 4. The van der Waals surface area contributed by atoms with Gasteiger partial charge in [0.25, 0.3) is 5.78 Å². The SMILES string of the molecule is COc1cccc(Cn2cc(C(=O)C(F)(F)F)cn2)c1F. The smallest absolute Gasteiger partial charge is 0.454 e. The summed E-state index contributed by atoms with van der Waals surface area (Å²) in [4.78, 5) is 11.0. The van der Waals surface area contributed by atoms with Crippen LogP contribution in [-0.2, 0) is 6.54 Å². The first kappa shape index (κ1) is 15.0. The van der Waals surface area contributed by atoms with Crippen LogP contribution in [0.1, 0.15) is 15.9 Å². The maximum atomic E-state index is 13.9. The van der Waals surface area contributed by atoms with Crippen molar-refractivity contribution < 1.29 is 27.1 Å². The monoisotopic (exact) mass is 302 g/mol. The van der Waals surface area contributed by atoms with Crippen molar-refractivity contribution in [1.82, 2.24) is 9.78 Å². The number of alkyl halides is 3. The lowest BCUT2D eigenvalue weighted by Gasteiger charge is -2.07. The van der Waals surface area contributed by atoms with Gasteiger partial charge in [-0.1, -0.05) is 12.1 Å². The molecule has 1 aromatic carbocycles. The van der Waals surface area contributed by atoms with Crippen molar-refractivity contribution in [3.8, 4) is 5.75 Å². The second kappa shape index (κ2) is 5.55. The van der Waals surface area contributed by atoms with Crippen molar-refractivity contribution in [3.63, 3.8) is 0 Å². The maximum Gasteiger partial charge on any atom is 0.454 e. The first-order valence-electron chi connectivity index (χ1n) is 5.78. The minimum atomic E-state index is -4.96. The van der Waals surface area contributed by atoms with Crippen molar-refractivity contribution >= 4 is 5.78 Å². The standard InChI is InChI=1S/C13H10F4N2O2/c1-21-10-4-2-3-8(11(10)14)6-19-7-9(5-18-19)12(20)13(15,16)17/h2-5,7H,6H2,1H3. The van der Waals surface area contributed by atoms with Gasteiger partial charge < -0.3 is 4.74 Å². The fourth-order valence-corrected chi connectivity index (χ4v) is 1.74. The van der Waals surface area contributed by atoms with E-state index in [4.69, 9.17) is 4.74 Å². The molecule has 0 aliphatic carbocycles. The molecule has 8 heteroatoms. The summed E-state index contributed by atoms with van der Waals surface area (Å²) in [7, 11) is 1.30. The molecule has 112 valence electrons. The molecule has 0 amide bonds. The van der Waals surface area contributed by atoms with E-state index in [-0.39, 0.29) is 17.9 Å². The van der Waals surface area contributed by atoms with Crippen molar-refractivity contribution in [2.24, 2.45) is 0 Å². The zero-order chi connectivity index (χ0) is 15.6. The number of methoxy groups -OCH3 is 1. The number of nitrogens with zero attached hydrogens (tertiary/aromatic N) is 2. The molecular weight excluding hydrogens is 292 g/mol. The molecule has 2 rings (SSSR count). The van der Waals surface area contributed by atoms with Crippen LogP contribution in [0.2, 0.25) is 0 Å². The second-order valence-corrected chi connectivity index (χ2v) is 4.19. The van der Waals surface area contributed by atoms with E-state index in [1.165, 1.54) is 19.2 Å². The summed E-state index contributed by atoms with van der Waals surface area (Å²) in [6.07, 6.45) is -3.24. The minimum absolute atomic E-state index is 0.0197. The molecule has 2 aromatic rings. The Morgan fingerprint density at radius 1 is 1.38 bits per heavy atom. The summed E-state index contributed by atoms with van der Waals surface area (Å²) in [6.45, 7) is -0.117. The summed E-state index contributed by atoms with van der Waals surface area (Å²) in [5.74, 6) is -2.59. The molecule has 21 heavy (non-hydrogen) atoms. The lowest BCUT2D eigenvalue weighted by atomic mass is 10.2. The van der Waals surface area contributed by atoms with E-state index in [1.807, 2.05) is 0 Å². The summed E-state index contributed by atoms with van der Waals surface area (Å²) >= 11 is 0. The molecule has 0 N–H and O–H groups in total. The number of Topliss-reactive ketones (excluding diaryl/α,β-unsaturated/α-hetero) is 1. The van der Waals surface area contributed by atoms with Gasteiger partial charge >= 0.3 is 6.18 Å². The summed E-state index contributed by atoms with van der Waals surface area (Å²) in [6, 6.07) is 4.41. The third kappa shape index (κ3) is 3.21. The van der Waals surface area contributed by atoms with Gasteiger partial charge in [-0.15, -0.1) is 0 Å². The highest BCUT2D eigenvalue weighted by molar-refractivity contribution is 5.99. The third-order valence-corrected chi connectivity index (χ3v) is 2.75. The maximum absolute atomic E-state index is 13.9. The van der Waals surface area contributed by atoms with Crippen LogP contribution in [0.25, 0.3) is 0 Å². The van der Waals surface area contributed by atoms with Gasteiger partial charge in [0, 0.05) is 11.8 Å². The third-order valence-electron chi connectivity index (χ3n) is 2.75. The fourth-order valence-electron chi connectivity index (χ4n) is 1.74. The van der Waals surface area contributed by atoms with Crippen LogP contribution in [0.5, 0.6) is 5.75 Å². The Morgan fingerprint density at radius 3 is 2.71 bits per heavy atom. The number of ether oxygens (including phenoxy) is 1. The van der Waals surface area contributed by atoms with Crippen LogP contribution in [0.4, 0.5) is 17.6 Å². The van der Waals surface area contributed by atoms with Gasteiger partial charge in [-0.05, 0) is 6.07 Å². The number of carbonyl (C=O) groups is 1. The molecule has 0 unspecified atom stereocenters. The largest absolute Gasteiger partial charge is 0.494 e. The molecule has 1 heterocycles. The molecule has 1 aromatic heterocycles. The number of rotatable bonds is 4. The van der Waals surface area contributed by atoms with Crippen LogP contribution >= 0.6 is 0 Å². The number of carbonyl (C=O) groups excluding carboxylic acids is 1. The minimum Gasteiger partial charge on any atom is -0.494 e. The molecule has 0 spiro atoms. The van der Waals surface area contributed by atoms with Crippen LogP contribution in [0, 0.1) is 5.82 Å². The van der Waals surface area contributed by atoms with Crippen molar-refractivity contribution in [3.05, 3.63) is 47.5 Å². The molecule has 0 atom stereocenters. The van der Waals surface area contributed by atoms with E-state index in [2.05, 4.69) is 5.10 Å². The Hall–Kier alpha value is -2.38. The second-order valence-electron chi connectivity index (χ2n) is 4.19. The van der Waals surface area contributed by atoms with Crippen LogP contribution in [0.3, 0.4) is 0 Å². The quantitative estimate of drug-likeness (QED) is 0.644. The van der Waals surface area contributed by atoms with Gasteiger partial charge in [0.05, 0.1) is 25.4 Å². The zero-order valence-corrected chi connectivity index (χ0v) is 10.8. The number of hydrogen-bond acceptors (Lipinski definition) is 3. The Balaban J connectivity index is 2.23. The van der Waals surface area contributed by atoms with Crippen LogP contribution in [0.15, 0.2) is 30.6 Å². The zero-order valence-electron chi connectivity index (χ0n) is 10.8. The van der Waals surface area contributed by atoms with Gasteiger partial charge in [-0.2, -0.15) is 18.3 Å². The molecule has 0 aliphatic heterocycles. The highest BCUT2D eigenvalue weighted by Crippen LogP contribution is 2.23. The van der Waals surface area contributed by atoms with Gasteiger partial charge in [-0.3, -0.25) is 9.48 Å². The summed E-state index contributed by atoms with van der Waals surface area (Å²) < 4.78 is 56.6. The highest BCUT2D eigenvalue weighted by atomic mass is 19.4. The molecular formula is C13H10F4N2O2. The van der Waals surface area contributed by atoms with Gasteiger partial charge in [-0.25, -0.2) is 4.39 Å². The van der Waals surface area contributed by atoms with E-state index in [9.17, 15) is 22.4 Å². The van der Waals surface area contributed by atoms with E-state index in [0.29, 0.717) is 0 Å². The average Bonchev–Trinajstić information content (AvgIpc) is 2.87. The fraction of sp³-hybridized carbons (Fsp3) is 0.231. The van der Waals surface area contributed by atoms with Gasteiger partial charge in [0.2, 0.25) is 0 Å². The topological polar surface area (TPSA) is 44.1 Å². The Labute approximate surface area is 116 Å². The summed E-state index contributed by atoms with van der Waals surface area (Å²) in [5.41, 5.74) is -0.408. The normalized spacial score (nSPS) is 11.5. The lowest BCUT2D eigenvalue weighted by Crippen LogP contribution is -2.22. The van der Waals surface area contributed by atoms with E-state index < -0.39 is 23.3 Å². The van der Waals surface area contributed by atoms with Crippen molar-refractivity contribution in [2.45, 2.75) is 12.7 Å². The van der Waals surface area contributed by atoms with Crippen molar-refractivity contribution in [1.29, 1.82) is 0 Å². The molecule has 4 nitrogen and oxygen atoms in total. The Bertz CT molecular complexity index is 664. The summed E-state index contributed by atoms with van der Waals surface area (Å²) in [5, 5.41) is 3.63. The van der Waals surface area contributed by atoms with E-state index in [1.54, 1.807) is 6.07 Å². The molecule has 0 saturated heterocycles. The van der Waals surface area contributed by atoms with Crippen molar-refractivity contribution in [2.75, 3.05) is 7.11 Å². The number of ketones is 1. The highest BCUT2D eigenvalue weighted by Gasteiger charge is 2.39. The molecule has 0 bridgehead atoms. The number of aromatic nitrogens is 2. The predicted octanol–water partition coefficient (Wildman–Crippen LogP) is 2.82. The van der Waals surface area contributed by atoms with E-state index in [0.717, 1.165) is 17.1 Å². The van der Waals surface area contributed by atoms with Gasteiger partial charge in [0.15, 0.2) is 11.6 Å². The van der Waals surface area contributed by atoms with Crippen LogP contribution < -0.4 is 4.74 Å². The average molecular weight is 302 g/mol. The Morgan fingerprint density at radius 2 is 2.10 bits per heavy atom. The molecule has 0 aliphatic rings. The van der Waals surface area contributed by atoms with Crippen LogP contribution in [-0.4, -0.2) is 28.8 Å². The predicted molar refractivity (Wildman–Crippen MR) is 64.7 cm³/mol. The molecule has 0 radical (unpaired) electrons. The lowest BCUT2D eigenvalue weighted by molar-refractivity contribution is -0.0885. The van der Waals surface area contributed by atoms with E-state index >= 15 is 0 Å².